The third kappa shape index (κ3) is 77.9. The monoisotopic (exact) mass is 1310 g/mol. The summed E-state index contributed by atoms with van der Waals surface area (Å²) in [6.07, 6.45) is 91.1. The van der Waals surface area contributed by atoms with E-state index in [1.165, 1.54) is 392 Å². The van der Waals surface area contributed by atoms with Crippen molar-refractivity contribution in [3.63, 3.8) is 0 Å². The van der Waals surface area contributed by atoms with E-state index in [4.69, 9.17) is 18.5 Å². The fourth-order valence-electron chi connectivity index (χ4n) is 13.1. The summed E-state index contributed by atoms with van der Waals surface area (Å²) in [5.41, 5.74) is 0. The highest BCUT2D eigenvalue weighted by Crippen LogP contribution is 2.38. The van der Waals surface area contributed by atoms with Gasteiger partial charge in [0.25, 0.3) is 7.82 Å². The smallest absolute Gasteiger partial charge is 0.306 e. The molecule has 2 unspecified atom stereocenters. The largest absolute Gasteiger partial charge is 0.756 e. The van der Waals surface area contributed by atoms with E-state index in [1.807, 2.05) is 21.1 Å². The molecule has 0 amide bonds. The Morgan fingerprint density at radius 3 is 0.703 bits per heavy atom. The van der Waals surface area contributed by atoms with Gasteiger partial charge in [-0.1, -0.05) is 431 Å². The van der Waals surface area contributed by atoms with E-state index >= 15 is 0 Å². The van der Waals surface area contributed by atoms with Crippen LogP contribution in [0.2, 0.25) is 0 Å². The van der Waals surface area contributed by atoms with E-state index in [0.717, 1.165) is 32.1 Å². The van der Waals surface area contributed by atoms with Gasteiger partial charge in [0.05, 0.1) is 27.7 Å². The number of phosphoric ester groups is 1. The van der Waals surface area contributed by atoms with Crippen molar-refractivity contribution in [3.05, 3.63) is 0 Å². The molecule has 0 aliphatic heterocycles. The van der Waals surface area contributed by atoms with Gasteiger partial charge in [-0.25, -0.2) is 0 Å². The minimum absolute atomic E-state index is 0.0246. The van der Waals surface area contributed by atoms with Crippen LogP contribution in [0.4, 0.5) is 0 Å². The lowest BCUT2D eigenvalue weighted by Crippen LogP contribution is -2.37. The number of rotatable bonds is 79. The summed E-state index contributed by atoms with van der Waals surface area (Å²) >= 11 is 0. The summed E-state index contributed by atoms with van der Waals surface area (Å²) < 4.78 is 34.4. The number of hydrogen-bond acceptors (Lipinski definition) is 8. The van der Waals surface area contributed by atoms with Gasteiger partial charge in [-0.05, 0) is 12.8 Å². The van der Waals surface area contributed by atoms with E-state index in [9.17, 15) is 19.0 Å². The van der Waals surface area contributed by atoms with Gasteiger partial charge < -0.3 is 27.9 Å². The predicted octanol–water partition coefficient (Wildman–Crippen LogP) is 26.6. The molecule has 0 spiro atoms. The number of quaternary nitrogens is 1. The fourth-order valence-corrected chi connectivity index (χ4v) is 13.8. The number of likely N-dealkylation sites (N-methyl/N-ethyl adjacent to an activating group) is 1. The van der Waals surface area contributed by atoms with Gasteiger partial charge in [0.1, 0.15) is 19.8 Å². The molecule has 10 heteroatoms. The Balaban J connectivity index is 3.85. The second-order valence-corrected chi connectivity index (χ2v) is 31.3. The molecule has 0 aliphatic rings. The Bertz CT molecular complexity index is 1490. The number of phosphoric acid groups is 1. The molecule has 0 aromatic heterocycles. The van der Waals surface area contributed by atoms with E-state index in [0.29, 0.717) is 17.4 Å². The number of carbonyl (C=O) groups is 2. The van der Waals surface area contributed by atoms with Crippen molar-refractivity contribution in [1.82, 2.24) is 0 Å². The van der Waals surface area contributed by atoms with Crippen LogP contribution in [0.15, 0.2) is 0 Å². The number of esters is 2. The van der Waals surface area contributed by atoms with Crippen LogP contribution in [0.3, 0.4) is 0 Å². The molecule has 0 aliphatic carbocycles. The Morgan fingerprint density at radius 1 is 0.297 bits per heavy atom. The summed E-state index contributed by atoms with van der Waals surface area (Å²) in [6, 6.07) is 0. The number of ether oxygens (including phenoxy) is 2. The molecule has 9 nitrogen and oxygen atoms in total. The van der Waals surface area contributed by atoms with Gasteiger partial charge in [-0.3, -0.25) is 14.2 Å². The molecule has 0 bridgehead atoms. The Labute approximate surface area is 569 Å². The molecular weight excluding hydrogens is 1150 g/mol. The van der Waals surface area contributed by atoms with Crippen LogP contribution in [0, 0.1) is 0 Å². The molecule has 0 fully saturated rings. The summed E-state index contributed by atoms with van der Waals surface area (Å²) in [6.45, 7) is 4.35. The molecule has 91 heavy (non-hydrogen) atoms. The first-order valence-electron chi connectivity index (χ1n) is 41.2. The topological polar surface area (TPSA) is 111 Å². The van der Waals surface area contributed by atoms with Crippen LogP contribution in [0.5, 0.6) is 0 Å². The zero-order valence-corrected chi connectivity index (χ0v) is 63.3. The minimum atomic E-state index is -4.64. The first kappa shape index (κ1) is 90.0. The van der Waals surface area contributed by atoms with E-state index in [-0.39, 0.29) is 32.0 Å². The van der Waals surface area contributed by atoms with Crippen molar-refractivity contribution < 1.29 is 42.1 Å². The minimum Gasteiger partial charge on any atom is -0.756 e. The van der Waals surface area contributed by atoms with Crippen molar-refractivity contribution in [2.75, 3.05) is 47.5 Å². The van der Waals surface area contributed by atoms with Crippen LogP contribution in [-0.4, -0.2) is 70.0 Å². The Kier molecular flexibility index (Phi) is 72.5. The van der Waals surface area contributed by atoms with Crippen LogP contribution >= 0.6 is 7.82 Å². The fraction of sp³-hybridized carbons (Fsp3) is 0.975. The molecule has 2 atom stereocenters. The van der Waals surface area contributed by atoms with Crippen molar-refractivity contribution >= 4 is 19.8 Å². The van der Waals surface area contributed by atoms with Gasteiger partial charge in [-0.2, -0.15) is 0 Å². The lowest BCUT2D eigenvalue weighted by atomic mass is 10.0. The zero-order valence-electron chi connectivity index (χ0n) is 62.4. The van der Waals surface area contributed by atoms with Crippen molar-refractivity contribution in [1.29, 1.82) is 0 Å². The van der Waals surface area contributed by atoms with Crippen LogP contribution in [-0.2, 0) is 32.7 Å². The molecular formula is C81H162NO8P. The molecule has 0 heterocycles. The molecule has 0 saturated carbocycles. The van der Waals surface area contributed by atoms with Crippen LogP contribution < -0.4 is 4.89 Å². The second kappa shape index (κ2) is 73.3. The van der Waals surface area contributed by atoms with E-state index < -0.39 is 26.5 Å². The third-order valence-corrected chi connectivity index (χ3v) is 20.3. The maximum absolute atomic E-state index is 12.9. The lowest BCUT2D eigenvalue weighted by Gasteiger charge is -2.28. The highest BCUT2D eigenvalue weighted by molar-refractivity contribution is 7.45. The normalized spacial score (nSPS) is 12.9. The first-order valence-corrected chi connectivity index (χ1v) is 42.7. The molecule has 0 aromatic carbocycles. The number of unbranched alkanes of at least 4 members (excludes halogenated alkanes) is 65. The van der Waals surface area contributed by atoms with Gasteiger partial charge >= 0.3 is 11.9 Å². The maximum atomic E-state index is 12.9. The van der Waals surface area contributed by atoms with Crippen molar-refractivity contribution in [2.45, 2.75) is 463 Å². The van der Waals surface area contributed by atoms with Gasteiger partial charge in [0.2, 0.25) is 0 Å². The van der Waals surface area contributed by atoms with Crippen LogP contribution in [0.1, 0.15) is 457 Å². The SMILES string of the molecule is CCCCCCCCCCCCCCCCCCCCCCCCCCCCCCCCCCCCCCCCCC(=O)OC(COC(=O)CCCCCCCCCCCCCCCCCCCCCCCCCCCCCC)COP(=O)([O-])OCC[N+](C)(C)C. The first-order chi connectivity index (χ1) is 44.5. The average molecular weight is 1310 g/mol. The maximum Gasteiger partial charge on any atom is 0.306 e. The summed E-state index contributed by atoms with van der Waals surface area (Å²) in [5, 5.41) is 0. The molecule has 544 valence electrons. The predicted molar refractivity (Wildman–Crippen MR) is 393 cm³/mol. The molecule has 0 N–H and O–H groups in total. The standard InChI is InChI=1S/C81H162NO8P/c1-6-8-10-12-14-16-18-20-22-24-26-28-30-32-34-36-37-38-39-40-41-42-43-44-45-46-48-50-52-54-56-58-60-62-64-66-68-70-72-74-81(84)90-79(78-89-91(85,86)88-76-75-82(3,4)5)77-87-80(83)73-71-69-67-65-63-61-59-57-55-53-51-49-47-35-33-31-29-27-25-23-21-19-17-15-13-11-9-7-2/h79H,6-78H2,1-5H3. The van der Waals surface area contributed by atoms with Crippen molar-refractivity contribution in [3.8, 4) is 0 Å². The summed E-state index contributed by atoms with van der Waals surface area (Å²) in [7, 11) is 1.20. The zero-order chi connectivity index (χ0) is 66.2. The van der Waals surface area contributed by atoms with Gasteiger partial charge in [0.15, 0.2) is 6.10 Å². The quantitative estimate of drug-likeness (QED) is 0.0256. The molecule has 0 aromatic rings. The van der Waals surface area contributed by atoms with E-state index in [2.05, 4.69) is 13.8 Å². The van der Waals surface area contributed by atoms with Gasteiger partial charge in [0, 0.05) is 12.8 Å². The second-order valence-electron chi connectivity index (χ2n) is 29.9. The summed E-state index contributed by atoms with van der Waals surface area (Å²) in [5.74, 6) is -0.800. The highest BCUT2D eigenvalue weighted by Gasteiger charge is 2.22. The van der Waals surface area contributed by atoms with Crippen molar-refractivity contribution in [2.24, 2.45) is 0 Å². The molecule has 0 radical (unpaired) electrons. The third-order valence-electron chi connectivity index (χ3n) is 19.4. The number of hydrogen-bond donors (Lipinski definition) is 0. The van der Waals surface area contributed by atoms with Gasteiger partial charge in [-0.15, -0.1) is 0 Å². The van der Waals surface area contributed by atoms with Crippen LogP contribution in [0.25, 0.3) is 0 Å². The average Bonchev–Trinajstić information content (AvgIpc) is 3.30. The number of nitrogens with zero attached hydrogens (tertiary/aromatic N) is 1. The Morgan fingerprint density at radius 2 is 0.495 bits per heavy atom. The Hall–Kier alpha value is -0.990. The lowest BCUT2D eigenvalue weighted by molar-refractivity contribution is -0.870. The summed E-state index contributed by atoms with van der Waals surface area (Å²) in [4.78, 5) is 38.2. The van der Waals surface area contributed by atoms with E-state index in [1.54, 1.807) is 0 Å². The molecule has 0 saturated heterocycles. The number of carbonyl (C=O) groups excluding carboxylic acids is 2. The highest BCUT2D eigenvalue weighted by atomic mass is 31.2. The molecule has 0 rings (SSSR count).